The van der Waals surface area contributed by atoms with Gasteiger partial charge in [0.25, 0.3) is 0 Å². The van der Waals surface area contributed by atoms with Gasteiger partial charge >= 0.3 is 6.18 Å². The third-order valence-electron chi connectivity index (χ3n) is 5.04. The second-order valence-electron chi connectivity index (χ2n) is 6.81. The van der Waals surface area contributed by atoms with Gasteiger partial charge in [0.15, 0.2) is 0 Å². The van der Waals surface area contributed by atoms with Gasteiger partial charge in [0, 0.05) is 6.42 Å². The van der Waals surface area contributed by atoms with E-state index in [0.717, 1.165) is 19.3 Å². The van der Waals surface area contributed by atoms with Crippen molar-refractivity contribution < 1.29 is 18.3 Å². The minimum absolute atomic E-state index is 0.0435. The van der Waals surface area contributed by atoms with Crippen LogP contribution in [0.25, 0.3) is 0 Å². The van der Waals surface area contributed by atoms with Crippen LogP contribution in [0.2, 0.25) is 0 Å². The third kappa shape index (κ3) is 5.33. The predicted molar refractivity (Wildman–Crippen MR) is 70.9 cm³/mol. The van der Waals surface area contributed by atoms with Crippen molar-refractivity contribution in [2.75, 3.05) is 0 Å². The van der Waals surface area contributed by atoms with Crippen molar-refractivity contribution in [3.63, 3.8) is 0 Å². The summed E-state index contributed by atoms with van der Waals surface area (Å²) in [4.78, 5) is 0. The molecule has 0 aromatic rings. The molecule has 1 N–H and O–H groups in total. The Balaban J connectivity index is 2.39. The van der Waals surface area contributed by atoms with Crippen LogP contribution in [0.5, 0.6) is 0 Å². The van der Waals surface area contributed by atoms with Crippen LogP contribution in [-0.2, 0) is 0 Å². The summed E-state index contributed by atoms with van der Waals surface area (Å²) in [7, 11) is 0. The molecule has 0 spiro atoms. The van der Waals surface area contributed by atoms with Crippen LogP contribution < -0.4 is 0 Å². The molecule has 0 aromatic carbocycles. The van der Waals surface area contributed by atoms with Crippen LogP contribution in [0.3, 0.4) is 0 Å². The lowest BCUT2D eigenvalue weighted by molar-refractivity contribution is -0.139. The Morgan fingerprint density at radius 3 is 2.11 bits per heavy atom. The van der Waals surface area contributed by atoms with Crippen molar-refractivity contribution >= 4 is 0 Å². The van der Waals surface area contributed by atoms with Gasteiger partial charge in [-0.15, -0.1) is 0 Å². The normalized spacial score (nSPS) is 29.5. The highest BCUT2D eigenvalue weighted by Gasteiger charge is 2.38. The highest BCUT2D eigenvalue weighted by atomic mass is 19.4. The third-order valence-corrected chi connectivity index (χ3v) is 5.04. The van der Waals surface area contributed by atoms with Crippen molar-refractivity contribution in [1.29, 1.82) is 0 Å². The molecule has 0 aromatic heterocycles. The Bertz CT molecular complexity index is 276. The average molecular weight is 280 g/mol. The summed E-state index contributed by atoms with van der Waals surface area (Å²) < 4.78 is 36.4. The van der Waals surface area contributed by atoms with E-state index >= 15 is 0 Å². The lowest BCUT2D eigenvalue weighted by Gasteiger charge is -2.42. The molecule has 0 aliphatic heterocycles. The first kappa shape index (κ1) is 16.8. The molecule has 114 valence electrons. The monoisotopic (exact) mass is 280 g/mol. The first-order valence-corrected chi connectivity index (χ1v) is 7.37. The fourth-order valence-electron chi connectivity index (χ4n) is 3.09. The SMILES string of the molecule is CCC(C)(C)C1CCC(O)(CCCC(F)(F)F)CC1. The van der Waals surface area contributed by atoms with E-state index in [9.17, 15) is 18.3 Å². The number of hydrogen-bond acceptors (Lipinski definition) is 1. The summed E-state index contributed by atoms with van der Waals surface area (Å²) in [6.07, 6.45) is -0.278. The van der Waals surface area contributed by atoms with E-state index in [-0.39, 0.29) is 18.3 Å². The Morgan fingerprint density at radius 2 is 1.68 bits per heavy atom. The maximum Gasteiger partial charge on any atom is 0.389 e. The smallest absolute Gasteiger partial charge is 0.389 e. The molecule has 1 fully saturated rings. The molecular formula is C15H27F3O. The highest BCUT2D eigenvalue weighted by Crippen LogP contribution is 2.44. The van der Waals surface area contributed by atoms with Gasteiger partial charge < -0.3 is 5.11 Å². The second kappa shape index (κ2) is 6.02. The Labute approximate surface area is 114 Å². The molecule has 0 unspecified atom stereocenters. The molecule has 1 rings (SSSR count). The van der Waals surface area contributed by atoms with E-state index in [1.165, 1.54) is 0 Å². The molecule has 1 aliphatic carbocycles. The van der Waals surface area contributed by atoms with E-state index in [1.54, 1.807) is 0 Å². The largest absolute Gasteiger partial charge is 0.390 e. The Morgan fingerprint density at radius 1 is 1.16 bits per heavy atom. The van der Waals surface area contributed by atoms with E-state index in [0.29, 0.717) is 18.8 Å². The van der Waals surface area contributed by atoms with Gasteiger partial charge in [0.2, 0.25) is 0 Å². The zero-order valence-electron chi connectivity index (χ0n) is 12.3. The average Bonchev–Trinajstić information content (AvgIpc) is 2.27. The predicted octanol–water partition coefficient (Wildman–Crippen LogP) is 5.08. The first-order chi connectivity index (χ1) is 8.58. The minimum atomic E-state index is -4.10. The zero-order valence-corrected chi connectivity index (χ0v) is 12.3. The maximum absolute atomic E-state index is 12.1. The summed E-state index contributed by atoms with van der Waals surface area (Å²) in [6, 6.07) is 0. The number of alkyl halides is 3. The van der Waals surface area contributed by atoms with Crippen molar-refractivity contribution in [2.24, 2.45) is 11.3 Å². The zero-order chi connectivity index (χ0) is 14.7. The van der Waals surface area contributed by atoms with Crippen molar-refractivity contribution in [3.05, 3.63) is 0 Å². The fraction of sp³-hybridized carbons (Fsp3) is 1.00. The molecule has 0 bridgehead atoms. The lowest BCUT2D eigenvalue weighted by Crippen LogP contribution is -2.38. The topological polar surface area (TPSA) is 20.2 Å². The van der Waals surface area contributed by atoms with Crippen molar-refractivity contribution in [3.8, 4) is 0 Å². The van der Waals surface area contributed by atoms with E-state index in [4.69, 9.17) is 0 Å². The molecule has 1 aliphatic rings. The number of rotatable bonds is 5. The first-order valence-electron chi connectivity index (χ1n) is 7.37. The van der Waals surface area contributed by atoms with Crippen LogP contribution in [0, 0.1) is 11.3 Å². The molecular weight excluding hydrogens is 253 g/mol. The molecule has 1 saturated carbocycles. The van der Waals surface area contributed by atoms with Crippen LogP contribution in [0.4, 0.5) is 13.2 Å². The lowest BCUT2D eigenvalue weighted by atomic mass is 9.66. The van der Waals surface area contributed by atoms with Crippen LogP contribution in [0.15, 0.2) is 0 Å². The maximum atomic E-state index is 12.1. The second-order valence-corrected chi connectivity index (χ2v) is 6.81. The van der Waals surface area contributed by atoms with Gasteiger partial charge in [-0.1, -0.05) is 27.2 Å². The van der Waals surface area contributed by atoms with E-state index < -0.39 is 18.2 Å². The molecule has 0 atom stereocenters. The Hall–Kier alpha value is -0.250. The van der Waals surface area contributed by atoms with Crippen LogP contribution in [0.1, 0.15) is 72.1 Å². The summed E-state index contributed by atoms with van der Waals surface area (Å²) in [5, 5.41) is 10.4. The summed E-state index contributed by atoms with van der Waals surface area (Å²) in [6.45, 7) is 6.65. The molecule has 0 amide bonds. The van der Waals surface area contributed by atoms with Crippen molar-refractivity contribution in [2.45, 2.75) is 83.9 Å². The fourth-order valence-corrected chi connectivity index (χ4v) is 3.09. The van der Waals surface area contributed by atoms with Crippen LogP contribution >= 0.6 is 0 Å². The quantitative estimate of drug-likeness (QED) is 0.745. The number of halogens is 3. The molecule has 0 heterocycles. The summed E-state index contributed by atoms with van der Waals surface area (Å²) >= 11 is 0. The Kier molecular flexibility index (Phi) is 5.33. The van der Waals surface area contributed by atoms with Gasteiger partial charge in [0.1, 0.15) is 0 Å². The van der Waals surface area contributed by atoms with Crippen molar-refractivity contribution in [1.82, 2.24) is 0 Å². The number of aliphatic hydroxyl groups is 1. The molecule has 1 nitrogen and oxygen atoms in total. The van der Waals surface area contributed by atoms with Gasteiger partial charge in [-0.25, -0.2) is 0 Å². The van der Waals surface area contributed by atoms with E-state index in [2.05, 4.69) is 20.8 Å². The summed E-state index contributed by atoms with van der Waals surface area (Å²) in [5.41, 5.74) is -0.584. The molecule has 0 saturated heterocycles. The van der Waals surface area contributed by atoms with Gasteiger partial charge in [-0.2, -0.15) is 13.2 Å². The summed E-state index contributed by atoms with van der Waals surface area (Å²) in [5.74, 6) is 0.584. The molecule has 0 radical (unpaired) electrons. The highest BCUT2D eigenvalue weighted by molar-refractivity contribution is 4.90. The standard InChI is InChI=1S/C15H27F3O/c1-4-13(2,3)12-6-10-14(19,11-7-12)8-5-9-15(16,17)18/h12,19H,4-11H2,1-3H3. The molecule has 19 heavy (non-hydrogen) atoms. The van der Waals surface area contributed by atoms with Gasteiger partial charge in [-0.05, 0) is 49.9 Å². The number of hydrogen-bond donors (Lipinski definition) is 1. The van der Waals surface area contributed by atoms with E-state index in [1.807, 2.05) is 0 Å². The van der Waals surface area contributed by atoms with Crippen LogP contribution in [-0.4, -0.2) is 16.9 Å². The molecule has 4 heteroatoms. The van der Waals surface area contributed by atoms with Gasteiger partial charge in [-0.3, -0.25) is 0 Å². The van der Waals surface area contributed by atoms with Gasteiger partial charge in [0.05, 0.1) is 5.60 Å². The minimum Gasteiger partial charge on any atom is -0.390 e.